The summed E-state index contributed by atoms with van der Waals surface area (Å²) in [4.78, 5) is 11.6. The molecule has 0 aliphatic carbocycles. The Kier molecular flexibility index (Phi) is 6.41. The van der Waals surface area contributed by atoms with Gasteiger partial charge in [0.1, 0.15) is 0 Å². The number of carbonyl (C=O) groups is 1. The lowest BCUT2D eigenvalue weighted by Gasteiger charge is -2.19. The molecule has 0 spiro atoms. The van der Waals surface area contributed by atoms with E-state index in [1.807, 2.05) is 0 Å². The third kappa shape index (κ3) is 5.87. The fraction of sp³-hybridized carbons (Fsp3) is 0.417. The minimum absolute atomic E-state index is 0.0859. The van der Waals surface area contributed by atoms with Crippen molar-refractivity contribution in [3.05, 3.63) is 34.9 Å². The van der Waals surface area contributed by atoms with E-state index in [4.69, 9.17) is 16.7 Å². The van der Waals surface area contributed by atoms with Crippen molar-refractivity contribution in [2.45, 2.75) is 6.54 Å². The van der Waals surface area contributed by atoms with E-state index in [0.717, 1.165) is 16.1 Å². The second-order valence-electron chi connectivity index (χ2n) is 4.23. The SMILES string of the molecule is CS(=O)(=O)N(CC(=O)NCCO)Cc1ccc(Cl)cc1. The standard InChI is InChI=1S/C12H17ClN2O4S/c1-20(18,19)15(9-12(17)14-6-7-16)8-10-2-4-11(13)5-3-10/h2-5,16H,6-9H2,1H3,(H,14,17). The van der Waals surface area contributed by atoms with Crippen LogP contribution >= 0.6 is 11.6 Å². The van der Waals surface area contributed by atoms with Gasteiger partial charge in [0.05, 0.1) is 19.4 Å². The lowest BCUT2D eigenvalue weighted by atomic mass is 10.2. The van der Waals surface area contributed by atoms with Crippen molar-refractivity contribution in [2.75, 3.05) is 26.0 Å². The van der Waals surface area contributed by atoms with Crippen LogP contribution < -0.4 is 5.32 Å². The van der Waals surface area contributed by atoms with Gasteiger partial charge in [-0.25, -0.2) is 8.42 Å². The predicted octanol–water partition coefficient (Wildman–Crippen LogP) is 0.210. The van der Waals surface area contributed by atoms with Crippen LogP contribution in [0.5, 0.6) is 0 Å². The Morgan fingerprint density at radius 1 is 1.35 bits per heavy atom. The van der Waals surface area contributed by atoms with Gasteiger partial charge in [0.25, 0.3) is 0 Å². The third-order valence-electron chi connectivity index (χ3n) is 2.50. The smallest absolute Gasteiger partial charge is 0.235 e. The lowest BCUT2D eigenvalue weighted by molar-refractivity contribution is -0.121. The van der Waals surface area contributed by atoms with E-state index < -0.39 is 15.9 Å². The molecule has 112 valence electrons. The summed E-state index contributed by atoms with van der Waals surface area (Å²) in [5, 5.41) is 11.6. The monoisotopic (exact) mass is 320 g/mol. The first kappa shape index (κ1) is 16.9. The molecule has 0 bridgehead atoms. The molecule has 1 rings (SSSR count). The molecule has 6 nitrogen and oxygen atoms in total. The Hall–Kier alpha value is -1.15. The lowest BCUT2D eigenvalue weighted by Crippen LogP contribution is -2.40. The molecule has 0 aliphatic heterocycles. The molecule has 0 fully saturated rings. The molecule has 0 atom stereocenters. The van der Waals surface area contributed by atoms with E-state index in [0.29, 0.717) is 5.02 Å². The van der Waals surface area contributed by atoms with E-state index in [1.54, 1.807) is 24.3 Å². The predicted molar refractivity (Wildman–Crippen MR) is 76.8 cm³/mol. The van der Waals surface area contributed by atoms with Crippen LogP contribution in [0, 0.1) is 0 Å². The van der Waals surface area contributed by atoms with E-state index in [1.165, 1.54) is 0 Å². The number of aliphatic hydroxyl groups excluding tert-OH is 1. The van der Waals surface area contributed by atoms with Gasteiger partial charge in [-0.2, -0.15) is 4.31 Å². The van der Waals surface area contributed by atoms with Gasteiger partial charge in [-0.1, -0.05) is 23.7 Å². The second kappa shape index (κ2) is 7.58. The molecule has 0 saturated carbocycles. The highest BCUT2D eigenvalue weighted by Crippen LogP contribution is 2.12. The Balaban J connectivity index is 2.75. The zero-order valence-electron chi connectivity index (χ0n) is 11.0. The largest absolute Gasteiger partial charge is 0.395 e. The summed E-state index contributed by atoms with van der Waals surface area (Å²) < 4.78 is 24.4. The summed E-state index contributed by atoms with van der Waals surface area (Å²) in [5.74, 6) is -0.460. The Labute approximate surface area is 123 Å². The number of hydrogen-bond acceptors (Lipinski definition) is 4. The number of sulfonamides is 1. The van der Waals surface area contributed by atoms with E-state index >= 15 is 0 Å². The first-order valence-corrected chi connectivity index (χ1v) is 8.12. The van der Waals surface area contributed by atoms with Gasteiger partial charge in [-0.05, 0) is 17.7 Å². The highest BCUT2D eigenvalue weighted by atomic mass is 35.5. The van der Waals surface area contributed by atoms with Gasteiger partial charge in [0.15, 0.2) is 0 Å². The number of aliphatic hydroxyl groups is 1. The molecule has 0 unspecified atom stereocenters. The molecular weight excluding hydrogens is 304 g/mol. The molecule has 1 aromatic carbocycles. The van der Waals surface area contributed by atoms with Crippen molar-refractivity contribution in [3.8, 4) is 0 Å². The minimum atomic E-state index is -3.52. The minimum Gasteiger partial charge on any atom is -0.395 e. The molecule has 1 amide bonds. The third-order valence-corrected chi connectivity index (χ3v) is 3.94. The van der Waals surface area contributed by atoms with Crippen LogP contribution in [-0.4, -0.2) is 49.7 Å². The quantitative estimate of drug-likeness (QED) is 0.752. The number of benzene rings is 1. The maximum atomic E-state index is 11.7. The van der Waals surface area contributed by atoms with E-state index in [9.17, 15) is 13.2 Å². The van der Waals surface area contributed by atoms with Crippen LogP contribution in [0.15, 0.2) is 24.3 Å². The zero-order valence-corrected chi connectivity index (χ0v) is 12.6. The van der Waals surface area contributed by atoms with Crippen molar-refractivity contribution in [2.24, 2.45) is 0 Å². The Morgan fingerprint density at radius 2 is 1.95 bits per heavy atom. The van der Waals surface area contributed by atoms with Gasteiger partial charge >= 0.3 is 0 Å². The summed E-state index contributed by atoms with van der Waals surface area (Å²) >= 11 is 5.76. The van der Waals surface area contributed by atoms with Crippen LogP contribution in [0.4, 0.5) is 0 Å². The summed E-state index contributed by atoms with van der Waals surface area (Å²) in [5.41, 5.74) is 0.731. The number of carbonyl (C=O) groups excluding carboxylic acids is 1. The highest BCUT2D eigenvalue weighted by molar-refractivity contribution is 7.88. The van der Waals surface area contributed by atoms with Gasteiger partial charge in [-0.3, -0.25) is 4.79 Å². The average molecular weight is 321 g/mol. The maximum absolute atomic E-state index is 11.7. The summed E-state index contributed by atoms with van der Waals surface area (Å²) in [6, 6.07) is 6.71. The van der Waals surface area contributed by atoms with Gasteiger partial charge < -0.3 is 10.4 Å². The molecule has 1 aromatic rings. The zero-order chi connectivity index (χ0) is 15.2. The molecule has 0 heterocycles. The van der Waals surface area contributed by atoms with Crippen molar-refractivity contribution in [3.63, 3.8) is 0 Å². The van der Waals surface area contributed by atoms with Crippen molar-refractivity contribution >= 4 is 27.5 Å². The average Bonchev–Trinajstić information content (AvgIpc) is 2.37. The fourth-order valence-electron chi connectivity index (χ4n) is 1.50. The highest BCUT2D eigenvalue weighted by Gasteiger charge is 2.20. The molecule has 0 aromatic heterocycles. The van der Waals surface area contributed by atoms with Gasteiger partial charge in [0, 0.05) is 18.1 Å². The Morgan fingerprint density at radius 3 is 2.45 bits per heavy atom. The maximum Gasteiger partial charge on any atom is 0.235 e. The molecule has 0 radical (unpaired) electrons. The normalized spacial score (nSPS) is 11.6. The summed E-state index contributed by atoms with van der Waals surface area (Å²) in [6.07, 6.45) is 1.04. The fourth-order valence-corrected chi connectivity index (χ4v) is 2.36. The number of nitrogens with zero attached hydrogens (tertiary/aromatic N) is 1. The van der Waals surface area contributed by atoms with Crippen molar-refractivity contribution < 1.29 is 18.3 Å². The van der Waals surface area contributed by atoms with Crippen LogP contribution in [0.2, 0.25) is 5.02 Å². The van der Waals surface area contributed by atoms with Gasteiger partial charge in [0.2, 0.25) is 15.9 Å². The van der Waals surface area contributed by atoms with Gasteiger partial charge in [-0.15, -0.1) is 0 Å². The topological polar surface area (TPSA) is 86.7 Å². The number of halogens is 1. The number of nitrogens with one attached hydrogen (secondary N) is 1. The van der Waals surface area contributed by atoms with Crippen LogP contribution in [0.1, 0.15) is 5.56 Å². The van der Waals surface area contributed by atoms with Crippen molar-refractivity contribution in [1.29, 1.82) is 0 Å². The van der Waals surface area contributed by atoms with E-state index in [2.05, 4.69) is 5.32 Å². The summed E-state index contributed by atoms with van der Waals surface area (Å²) in [6.45, 7) is -0.302. The van der Waals surface area contributed by atoms with E-state index in [-0.39, 0.29) is 26.2 Å². The molecular formula is C12H17ClN2O4S. The first-order chi connectivity index (χ1) is 9.32. The van der Waals surface area contributed by atoms with Crippen LogP contribution in [0.3, 0.4) is 0 Å². The van der Waals surface area contributed by atoms with Crippen molar-refractivity contribution in [1.82, 2.24) is 9.62 Å². The Bertz CT molecular complexity index is 545. The molecule has 0 aliphatic rings. The summed E-state index contributed by atoms with van der Waals surface area (Å²) in [7, 11) is -3.52. The number of rotatable bonds is 7. The van der Waals surface area contributed by atoms with Crippen LogP contribution in [0.25, 0.3) is 0 Å². The molecule has 0 saturated heterocycles. The van der Waals surface area contributed by atoms with Crippen LogP contribution in [-0.2, 0) is 21.4 Å². The number of hydrogen-bond donors (Lipinski definition) is 2. The molecule has 2 N–H and O–H groups in total. The first-order valence-electron chi connectivity index (χ1n) is 5.90. The number of amides is 1. The molecule has 20 heavy (non-hydrogen) atoms. The second-order valence-corrected chi connectivity index (χ2v) is 6.65. The molecule has 8 heteroatoms.